The molecule has 0 atom stereocenters. The Morgan fingerprint density at radius 3 is 2.81 bits per heavy atom. The molecule has 0 saturated heterocycles. The van der Waals surface area contributed by atoms with Crippen LogP contribution in [0.25, 0.3) is 0 Å². The van der Waals surface area contributed by atoms with E-state index < -0.39 is 5.97 Å². The Morgan fingerprint density at radius 1 is 1.50 bits per heavy atom. The van der Waals surface area contributed by atoms with Crippen molar-refractivity contribution in [3.8, 4) is 0 Å². The van der Waals surface area contributed by atoms with E-state index in [4.69, 9.17) is 5.11 Å². The number of carboxylic acids is 1. The van der Waals surface area contributed by atoms with Gasteiger partial charge in [-0.1, -0.05) is 6.92 Å². The van der Waals surface area contributed by atoms with Crippen molar-refractivity contribution in [2.75, 3.05) is 18.0 Å². The number of aliphatic carboxylic acids is 1. The van der Waals surface area contributed by atoms with E-state index in [2.05, 4.69) is 11.9 Å². The summed E-state index contributed by atoms with van der Waals surface area (Å²) in [6.07, 6.45) is 2.89. The van der Waals surface area contributed by atoms with Crippen LogP contribution >= 0.6 is 0 Å². The molecule has 1 aromatic rings. The van der Waals surface area contributed by atoms with Crippen molar-refractivity contribution in [1.82, 2.24) is 4.98 Å². The molecule has 0 radical (unpaired) electrons. The summed E-state index contributed by atoms with van der Waals surface area (Å²) in [7, 11) is 0. The van der Waals surface area contributed by atoms with Gasteiger partial charge in [-0.15, -0.1) is 0 Å². The van der Waals surface area contributed by atoms with Crippen LogP contribution in [0.2, 0.25) is 0 Å². The summed E-state index contributed by atoms with van der Waals surface area (Å²) in [5.41, 5.74) is 1.14. The van der Waals surface area contributed by atoms with Gasteiger partial charge in [0.05, 0.1) is 6.42 Å². The van der Waals surface area contributed by atoms with Crippen LogP contribution in [0.5, 0.6) is 0 Å². The Kier molecular flexibility index (Phi) is 4.76. The van der Waals surface area contributed by atoms with Crippen molar-refractivity contribution in [3.05, 3.63) is 23.9 Å². The highest BCUT2D eigenvalue weighted by atomic mass is 16.4. The van der Waals surface area contributed by atoms with Gasteiger partial charge < -0.3 is 10.0 Å². The number of rotatable bonds is 6. The lowest BCUT2D eigenvalue weighted by molar-refractivity contribution is -0.136. The van der Waals surface area contributed by atoms with Crippen molar-refractivity contribution < 1.29 is 9.90 Å². The Bertz CT molecular complexity index is 353. The molecule has 0 bridgehead atoms. The number of aryl methyl sites for hydroxylation is 1. The lowest BCUT2D eigenvalue weighted by Gasteiger charge is -2.22. The fraction of sp³-hybridized carbons (Fsp3) is 0.500. The van der Waals surface area contributed by atoms with Gasteiger partial charge in [-0.3, -0.25) is 4.79 Å². The molecule has 1 heterocycles. The fourth-order valence-corrected chi connectivity index (χ4v) is 1.53. The quantitative estimate of drug-likeness (QED) is 0.800. The van der Waals surface area contributed by atoms with Crippen LogP contribution in [0.4, 0.5) is 5.82 Å². The summed E-state index contributed by atoms with van der Waals surface area (Å²) in [5.74, 6) is 0.0943. The predicted octanol–water partition coefficient (Wildman–Crippen LogP) is 2.08. The molecule has 0 saturated carbocycles. The summed E-state index contributed by atoms with van der Waals surface area (Å²) >= 11 is 0. The summed E-state index contributed by atoms with van der Waals surface area (Å²) in [6, 6.07) is 3.92. The molecule has 0 amide bonds. The summed E-state index contributed by atoms with van der Waals surface area (Å²) in [6.45, 7) is 5.43. The van der Waals surface area contributed by atoms with E-state index in [0.29, 0.717) is 6.54 Å². The summed E-state index contributed by atoms with van der Waals surface area (Å²) in [5, 5.41) is 8.69. The van der Waals surface area contributed by atoms with Gasteiger partial charge in [-0.2, -0.15) is 0 Å². The number of hydrogen-bond acceptors (Lipinski definition) is 3. The van der Waals surface area contributed by atoms with E-state index in [1.807, 2.05) is 24.0 Å². The predicted molar refractivity (Wildman–Crippen MR) is 63.7 cm³/mol. The first kappa shape index (κ1) is 12.5. The van der Waals surface area contributed by atoms with E-state index in [-0.39, 0.29) is 6.42 Å². The smallest absolute Gasteiger partial charge is 0.305 e. The molecule has 0 aromatic carbocycles. The standard InChI is InChI=1S/C12H18N2O2/c1-3-7-14(8-5-12(15)16)11-9-10(2)4-6-13-11/h4,6,9H,3,5,7-8H2,1-2H3,(H,15,16). The van der Waals surface area contributed by atoms with Crippen LogP contribution in [0.1, 0.15) is 25.3 Å². The van der Waals surface area contributed by atoms with Crippen molar-refractivity contribution in [2.24, 2.45) is 0 Å². The van der Waals surface area contributed by atoms with E-state index in [1.54, 1.807) is 6.20 Å². The first-order valence-electron chi connectivity index (χ1n) is 5.53. The zero-order valence-corrected chi connectivity index (χ0v) is 9.81. The Labute approximate surface area is 95.9 Å². The maximum Gasteiger partial charge on any atom is 0.305 e. The molecule has 16 heavy (non-hydrogen) atoms. The zero-order chi connectivity index (χ0) is 12.0. The van der Waals surface area contributed by atoms with Gasteiger partial charge in [-0.05, 0) is 31.0 Å². The van der Waals surface area contributed by atoms with Crippen molar-refractivity contribution in [3.63, 3.8) is 0 Å². The average Bonchev–Trinajstić information content (AvgIpc) is 2.24. The Balaban J connectivity index is 2.72. The molecule has 1 rings (SSSR count). The van der Waals surface area contributed by atoms with Gasteiger partial charge in [0.2, 0.25) is 0 Å². The largest absolute Gasteiger partial charge is 0.481 e. The van der Waals surface area contributed by atoms with Crippen LogP contribution in [0, 0.1) is 6.92 Å². The number of nitrogens with zero attached hydrogens (tertiary/aromatic N) is 2. The third-order valence-electron chi connectivity index (χ3n) is 2.31. The number of anilines is 1. The molecule has 4 nitrogen and oxygen atoms in total. The molecule has 4 heteroatoms. The molecule has 0 aliphatic heterocycles. The normalized spacial score (nSPS) is 10.1. The molecular formula is C12H18N2O2. The maximum atomic E-state index is 10.6. The molecular weight excluding hydrogens is 204 g/mol. The first-order chi connectivity index (χ1) is 7.63. The zero-order valence-electron chi connectivity index (χ0n) is 9.81. The van der Waals surface area contributed by atoms with Crippen molar-refractivity contribution in [1.29, 1.82) is 0 Å². The van der Waals surface area contributed by atoms with Crippen LogP contribution in [-0.2, 0) is 4.79 Å². The molecule has 1 aromatic heterocycles. The van der Waals surface area contributed by atoms with Crippen LogP contribution in [0.3, 0.4) is 0 Å². The first-order valence-corrected chi connectivity index (χ1v) is 5.53. The fourth-order valence-electron chi connectivity index (χ4n) is 1.53. The molecule has 88 valence electrons. The number of hydrogen-bond donors (Lipinski definition) is 1. The number of pyridine rings is 1. The second-order valence-corrected chi connectivity index (χ2v) is 3.82. The van der Waals surface area contributed by atoms with Crippen LogP contribution in [0.15, 0.2) is 18.3 Å². The van der Waals surface area contributed by atoms with Gasteiger partial charge in [0.1, 0.15) is 5.82 Å². The molecule has 0 aliphatic carbocycles. The van der Waals surface area contributed by atoms with E-state index in [0.717, 1.165) is 24.3 Å². The van der Waals surface area contributed by atoms with Gasteiger partial charge in [0, 0.05) is 19.3 Å². The van der Waals surface area contributed by atoms with Gasteiger partial charge >= 0.3 is 5.97 Å². The molecule has 0 unspecified atom stereocenters. The molecule has 0 fully saturated rings. The highest BCUT2D eigenvalue weighted by molar-refractivity contribution is 5.67. The van der Waals surface area contributed by atoms with Crippen molar-refractivity contribution in [2.45, 2.75) is 26.7 Å². The minimum Gasteiger partial charge on any atom is -0.481 e. The lowest BCUT2D eigenvalue weighted by Crippen LogP contribution is -2.27. The lowest BCUT2D eigenvalue weighted by atomic mass is 10.2. The van der Waals surface area contributed by atoms with Gasteiger partial charge in [0.25, 0.3) is 0 Å². The van der Waals surface area contributed by atoms with E-state index in [1.165, 1.54) is 0 Å². The highest BCUT2D eigenvalue weighted by Crippen LogP contribution is 2.12. The van der Waals surface area contributed by atoms with Gasteiger partial charge in [-0.25, -0.2) is 4.98 Å². The molecule has 0 aliphatic rings. The van der Waals surface area contributed by atoms with E-state index >= 15 is 0 Å². The summed E-state index contributed by atoms with van der Waals surface area (Å²) in [4.78, 5) is 16.8. The summed E-state index contributed by atoms with van der Waals surface area (Å²) < 4.78 is 0. The highest BCUT2D eigenvalue weighted by Gasteiger charge is 2.08. The SMILES string of the molecule is CCCN(CCC(=O)O)c1cc(C)ccn1. The Hall–Kier alpha value is -1.58. The topological polar surface area (TPSA) is 53.4 Å². The monoisotopic (exact) mass is 222 g/mol. The third kappa shape index (κ3) is 3.88. The van der Waals surface area contributed by atoms with Crippen LogP contribution < -0.4 is 4.90 Å². The Morgan fingerprint density at radius 2 is 2.25 bits per heavy atom. The molecule has 1 N–H and O–H groups in total. The third-order valence-corrected chi connectivity index (χ3v) is 2.31. The van der Waals surface area contributed by atoms with Crippen molar-refractivity contribution >= 4 is 11.8 Å². The van der Waals surface area contributed by atoms with E-state index in [9.17, 15) is 4.79 Å². The molecule has 0 spiro atoms. The minimum atomic E-state index is -0.770. The number of carboxylic acid groups (broad SMARTS) is 1. The number of aromatic nitrogens is 1. The second kappa shape index (κ2) is 6.10. The average molecular weight is 222 g/mol. The second-order valence-electron chi connectivity index (χ2n) is 3.82. The minimum absolute atomic E-state index is 0.148. The maximum absolute atomic E-state index is 10.6. The number of carbonyl (C=O) groups is 1. The van der Waals surface area contributed by atoms with Gasteiger partial charge in [0.15, 0.2) is 0 Å². The van der Waals surface area contributed by atoms with Crippen LogP contribution in [-0.4, -0.2) is 29.1 Å².